The molecular formula is C14H23N5O. The Bertz CT molecular complexity index is 498. The van der Waals surface area contributed by atoms with Crippen LogP contribution < -0.4 is 11.1 Å². The number of rotatable bonds is 2. The van der Waals surface area contributed by atoms with Crippen LogP contribution in [0.3, 0.4) is 0 Å². The third-order valence-corrected chi connectivity index (χ3v) is 4.88. The van der Waals surface area contributed by atoms with Gasteiger partial charge in [-0.1, -0.05) is 6.42 Å². The quantitative estimate of drug-likeness (QED) is 0.754. The molecule has 2 atom stereocenters. The smallest absolute Gasteiger partial charge is 0.274 e. The molecule has 2 saturated heterocycles. The van der Waals surface area contributed by atoms with Gasteiger partial charge in [-0.05, 0) is 39.7 Å². The first-order chi connectivity index (χ1) is 9.56. The van der Waals surface area contributed by atoms with E-state index in [2.05, 4.69) is 27.5 Å². The van der Waals surface area contributed by atoms with Gasteiger partial charge in [0.05, 0.1) is 11.4 Å². The van der Waals surface area contributed by atoms with Crippen LogP contribution in [0.25, 0.3) is 0 Å². The zero-order valence-electron chi connectivity index (χ0n) is 12.1. The van der Waals surface area contributed by atoms with Crippen LogP contribution in [0.1, 0.15) is 48.3 Å². The highest BCUT2D eigenvalue weighted by Crippen LogP contribution is 2.32. The number of nitrogens with one attached hydrogen (secondary N) is 2. The number of carbonyl (C=O) groups is 1. The van der Waals surface area contributed by atoms with Crippen molar-refractivity contribution in [3.8, 4) is 0 Å². The number of H-pyrrole nitrogens is 1. The molecule has 6 heteroatoms. The van der Waals surface area contributed by atoms with Crippen LogP contribution in [0.5, 0.6) is 0 Å². The zero-order valence-corrected chi connectivity index (χ0v) is 12.1. The SMILES string of the molecule is Cc1[nH]nc(C(=O)NC2CC3CCCC(C2)N3C)c1N. The van der Waals surface area contributed by atoms with Crippen molar-refractivity contribution in [1.82, 2.24) is 20.4 Å². The molecule has 2 aliphatic heterocycles. The first kappa shape index (κ1) is 13.4. The second kappa shape index (κ2) is 5.09. The van der Waals surface area contributed by atoms with E-state index in [1.54, 1.807) is 0 Å². The summed E-state index contributed by atoms with van der Waals surface area (Å²) in [4.78, 5) is 14.7. The van der Waals surface area contributed by atoms with Crippen molar-refractivity contribution in [2.45, 2.75) is 57.2 Å². The minimum atomic E-state index is -0.153. The Morgan fingerprint density at radius 2 is 2.05 bits per heavy atom. The van der Waals surface area contributed by atoms with Crippen molar-refractivity contribution in [3.05, 3.63) is 11.4 Å². The summed E-state index contributed by atoms with van der Waals surface area (Å²) < 4.78 is 0. The van der Waals surface area contributed by atoms with Crippen molar-refractivity contribution in [2.75, 3.05) is 12.8 Å². The minimum absolute atomic E-state index is 0.153. The Balaban J connectivity index is 1.67. The number of piperidine rings is 2. The van der Waals surface area contributed by atoms with E-state index >= 15 is 0 Å². The van der Waals surface area contributed by atoms with Gasteiger partial charge in [-0.25, -0.2) is 0 Å². The second-order valence-corrected chi connectivity index (χ2v) is 6.16. The van der Waals surface area contributed by atoms with Crippen LogP contribution in [0.15, 0.2) is 0 Å². The first-order valence-corrected chi connectivity index (χ1v) is 7.39. The molecule has 0 aromatic carbocycles. The molecule has 20 heavy (non-hydrogen) atoms. The molecular weight excluding hydrogens is 254 g/mol. The lowest BCUT2D eigenvalue weighted by Crippen LogP contribution is -2.55. The highest BCUT2D eigenvalue weighted by molar-refractivity contribution is 5.97. The van der Waals surface area contributed by atoms with E-state index in [1.165, 1.54) is 19.3 Å². The number of amides is 1. The van der Waals surface area contributed by atoms with E-state index < -0.39 is 0 Å². The maximum atomic E-state index is 12.3. The lowest BCUT2D eigenvalue weighted by Gasteiger charge is -2.47. The number of aryl methyl sites for hydroxylation is 1. The van der Waals surface area contributed by atoms with Gasteiger partial charge < -0.3 is 16.0 Å². The Labute approximate surface area is 119 Å². The molecule has 3 rings (SSSR count). The molecule has 2 aliphatic rings. The normalized spacial score (nSPS) is 30.2. The fourth-order valence-corrected chi connectivity index (χ4v) is 3.60. The maximum Gasteiger partial charge on any atom is 0.274 e. The molecule has 3 heterocycles. The maximum absolute atomic E-state index is 12.3. The molecule has 1 amide bonds. The number of aromatic nitrogens is 2. The summed E-state index contributed by atoms with van der Waals surface area (Å²) in [7, 11) is 2.21. The van der Waals surface area contributed by atoms with Gasteiger partial charge in [-0.2, -0.15) is 5.10 Å². The molecule has 0 radical (unpaired) electrons. The van der Waals surface area contributed by atoms with E-state index in [0.717, 1.165) is 18.5 Å². The Hall–Kier alpha value is -1.56. The number of nitrogens with two attached hydrogens (primary N) is 1. The number of carbonyl (C=O) groups excluding carboxylic acids is 1. The molecule has 4 N–H and O–H groups in total. The van der Waals surface area contributed by atoms with Crippen LogP contribution in [-0.2, 0) is 0 Å². The number of anilines is 1. The average Bonchev–Trinajstić information content (AvgIpc) is 2.71. The number of fused-ring (bicyclic) bond motifs is 2. The molecule has 2 fully saturated rings. The van der Waals surface area contributed by atoms with Crippen molar-refractivity contribution < 1.29 is 4.79 Å². The number of hydrogen-bond donors (Lipinski definition) is 3. The molecule has 0 saturated carbocycles. The number of nitrogens with zero attached hydrogens (tertiary/aromatic N) is 2. The summed E-state index contributed by atoms with van der Waals surface area (Å²) in [5.41, 5.74) is 7.39. The summed E-state index contributed by atoms with van der Waals surface area (Å²) in [6.07, 6.45) is 5.85. The molecule has 2 unspecified atom stereocenters. The molecule has 0 spiro atoms. The molecule has 6 nitrogen and oxygen atoms in total. The van der Waals surface area contributed by atoms with Gasteiger partial charge in [0.25, 0.3) is 5.91 Å². The van der Waals surface area contributed by atoms with Gasteiger partial charge in [-0.3, -0.25) is 9.89 Å². The van der Waals surface area contributed by atoms with Crippen LogP contribution in [0.2, 0.25) is 0 Å². The third kappa shape index (κ3) is 2.28. The lowest BCUT2D eigenvalue weighted by atomic mass is 9.82. The van der Waals surface area contributed by atoms with E-state index in [9.17, 15) is 4.79 Å². The number of nitrogen functional groups attached to an aromatic ring is 1. The largest absolute Gasteiger partial charge is 0.395 e. The van der Waals surface area contributed by atoms with Gasteiger partial charge in [-0.15, -0.1) is 0 Å². The number of aromatic amines is 1. The van der Waals surface area contributed by atoms with Crippen molar-refractivity contribution in [1.29, 1.82) is 0 Å². The highest BCUT2D eigenvalue weighted by atomic mass is 16.2. The van der Waals surface area contributed by atoms with Crippen LogP contribution in [0.4, 0.5) is 5.69 Å². The molecule has 0 aliphatic carbocycles. The van der Waals surface area contributed by atoms with E-state index in [1.807, 2.05) is 6.92 Å². The summed E-state index contributed by atoms with van der Waals surface area (Å²) in [5.74, 6) is -0.153. The Morgan fingerprint density at radius 3 is 2.60 bits per heavy atom. The predicted octanol–water partition coefficient (Wildman–Crippen LogP) is 1.05. The van der Waals surface area contributed by atoms with Crippen LogP contribution >= 0.6 is 0 Å². The van der Waals surface area contributed by atoms with Gasteiger partial charge in [0.2, 0.25) is 0 Å². The van der Waals surface area contributed by atoms with Crippen molar-refractivity contribution >= 4 is 11.6 Å². The standard InChI is InChI=1S/C14H23N5O/c1-8-12(15)13(18-17-8)14(20)16-9-6-10-4-3-5-11(7-9)19(10)2/h9-11H,3-7,15H2,1-2H3,(H,16,20)(H,17,18). The lowest BCUT2D eigenvalue weighted by molar-refractivity contribution is 0.0462. The van der Waals surface area contributed by atoms with E-state index in [-0.39, 0.29) is 11.9 Å². The Kier molecular flexibility index (Phi) is 3.41. The topological polar surface area (TPSA) is 87.0 Å². The highest BCUT2D eigenvalue weighted by Gasteiger charge is 2.36. The van der Waals surface area contributed by atoms with Gasteiger partial charge in [0.1, 0.15) is 0 Å². The molecule has 1 aromatic heterocycles. The van der Waals surface area contributed by atoms with Crippen LogP contribution in [-0.4, -0.2) is 46.2 Å². The predicted molar refractivity (Wildman–Crippen MR) is 77.4 cm³/mol. The second-order valence-electron chi connectivity index (χ2n) is 6.16. The van der Waals surface area contributed by atoms with Gasteiger partial charge in [0.15, 0.2) is 5.69 Å². The molecule has 1 aromatic rings. The Morgan fingerprint density at radius 1 is 1.40 bits per heavy atom. The average molecular weight is 277 g/mol. The van der Waals surface area contributed by atoms with Crippen LogP contribution in [0, 0.1) is 6.92 Å². The fraction of sp³-hybridized carbons (Fsp3) is 0.714. The fourth-order valence-electron chi connectivity index (χ4n) is 3.60. The van der Waals surface area contributed by atoms with Crippen molar-refractivity contribution in [3.63, 3.8) is 0 Å². The van der Waals surface area contributed by atoms with E-state index in [0.29, 0.717) is 23.5 Å². The minimum Gasteiger partial charge on any atom is -0.395 e. The van der Waals surface area contributed by atoms with Gasteiger partial charge in [0, 0.05) is 18.1 Å². The van der Waals surface area contributed by atoms with Gasteiger partial charge >= 0.3 is 0 Å². The third-order valence-electron chi connectivity index (χ3n) is 4.88. The van der Waals surface area contributed by atoms with E-state index in [4.69, 9.17) is 5.73 Å². The molecule has 110 valence electrons. The summed E-state index contributed by atoms with van der Waals surface area (Å²) >= 11 is 0. The zero-order chi connectivity index (χ0) is 14.3. The summed E-state index contributed by atoms with van der Waals surface area (Å²) in [6.45, 7) is 1.82. The monoisotopic (exact) mass is 277 g/mol. The first-order valence-electron chi connectivity index (χ1n) is 7.39. The molecule has 2 bridgehead atoms. The van der Waals surface area contributed by atoms with Crippen molar-refractivity contribution in [2.24, 2.45) is 0 Å². The summed E-state index contributed by atoms with van der Waals surface area (Å²) in [5, 5.41) is 9.86. The summed E-state index contributed by atoms with van der Waals surface area (Å²) in [6, 6.07) is 1.45. The number of hydrogen-bond acceptors (Lipinski definition) is 4.